The van der Waals surface area contributed by atoms with Crippen LogP contribution >= 0.6 is 23.4 Å². The predicted molar refractivity (Wildman–Crippen MR) is 122 cm³/mol. The van der Waals surface area contributed by atoms with Crippen LogP contribution in [0.2, 0.25) is 5.02 Å². The van der Waals surface area contributed by atoms with E-state index in [2.05, 4.69) is 15.5 Å². The van der Waals surface area contributed by atoms with E-state index in [1.54, 1.807) is 7.05 Å². The average molecular weight is 461 g/mol. The van der Waals surface area contributed by atoms with Crippen LogP contribution in [0, 0.1) is 6.92 Å². The Hall–Kier alpha value is -2.71. The molecule has 0 spiro atoms. The molecule has 31 heavy (non-hydrogen) atoms. The van der Waals surface area contributed by atoms with Crippen LogP contribution in [-0.4, -0.2) is 39.6 Å². The summed E-state index contributed by atoms with van der Waals surface area (Å²) in [5.74, 6) is 1.98. The smallest absolute Gasteiger partial charge is 0.233 e. The van der Waals surface area contributed by atoms with E-state index in [4.69, 9.17) is 21.1 Å². The fourth-order valence-electron chi connectivity index (χ4n) is 2.81. The minimum Gasteiger partial charge on any atom is -0.494 e. The number of aromatic nitrogens is 3. The number of carbonyl (C=O) groups is 1. The predicted octanol–water partition coefficient (Wildman–Crippen LogP) is 4.43. The van der Waals surface area contributed by atoms with Crippen molar-refractivity contribution in [3.63, 3.8) is 0 Å². The Balaban J connectivity index is 1.88. The minimum absolute atomic E-state index is 0.0892. The maximum Gasteiger partial charge on any atom is 0.233 e. The molecule has 0 aliphatic rings. The van der Waals surface area contributed by atoms with Gasteiger partial charge in [-0.1, -0.05) is 29.4 Å². The first-order chi connectivity index (χ1) is 14.9. The van der Waals surface area contributed by atoms with Crippen LogP contribution in [0.1, 0.15) is 25.2 Å². The molecule has 0 aliphatic carbocycles. The number of aryl methyl sites for hydroxylation is 1. The van der Waals surface area contributed by atoms with Crippen molar-refractivity contribution in [1.82, 2.24) is 20.1 Å². The van der Waals surface area contributed by atoms with Crippen LogP contribution in [0.3, 0.4) is 0 Å². The molecule has 0 bridgehead atoms. The fourth-order valence-corrected chi connectivity index (χ4v) is 3.93. The number of rotatable bonds is 9. The first kappa shape index (κ1) is 23.0. The van der Waals surface area contributed by atoms with Gasteiger partial charge < -0.3 is 14.8 Å². The van der Waals surface area contributed by atoms with Crippen molar-refractivity contribution in [2.24, 2.45) is 0 Å². The van der Waals surface area contributed by atoms with Crippen LogP contribution in [0.25, 0.3) is 5.69 Å². The summed E-state index contributed by atoms with van der Waals surface area (Å²) in [6.45, 7) is 6.51. The molecule has 1 unspecified atom stereocenters. The maximum absolute atomic E-state index is 12.0. The second-order valence-electron chi connectivity index (χ2n) is 6.74. The van der Waals surface area contributed by atoms with Crippen LogP contribution in [0.5, 0.6) is 11.5 Å². The monoisotopic (exact) mass is 460 g/mol. The fraction of sp³-hybridized carbons (Fsp3) is 0.318. The zero-order chi connectivity index (χ0) is 22.4. The summed E-state index contributed by atoms with van der Waals surface area (Å²) in [7, 11) is 1.61. The van der Waals surface area contributed by atoms with Gasteiger partial charge in [-0.05, 0) is 62.7 Å². The summed E-state index contributed by atoms with van der Waals surface area (Å²) < 4.78 is 13.3. The molecule has 1 amide bonds. The summed E-state index contributed by atoms with van der Waals surface area (Å²) in [5.41, 5.74) is 1.77. The number of hydrogen-bond donors (Lipinski definition) is 1. The van der Waals surface area contributed by atoms with Crippen molar-refractivity contribution < 1.29 is 14.3 Å². The van der Waals surface area contributed by atoms with Crippen molar-refractivity contribution in [2.75, 3.05) is 13.7 Å². The standard InChI is InChI=1S/C22H25ClN4O3S/c1-5-29-17-8-10-18(11-9-17)30-13-20-25-26-22(31-15(3)21(28)24-4)27(20)16-7-6-14(2)19(23)12-16/h6-12,15H,5,13H2,1-4H3,(H,24,28). The molecule has 9 heteroatoms. The topological polar surface area (TPSA) is 78.3 Å². The number of halogens is 1. The number of amides is 1. The molecule has 1 aromatic heterocycles. The van der Waals surface area contributed by atoms with Crippen LogP contribution in [0.15, 0.2) is 47.6 Å². The molecule has 1 atom stereocenters. The Labute approximate surface area is 191 Å². The number of thioether (sulfide) groups is 1. The second-order valence-corrected chi connectivity index (χ2v) is 8.45. The van der Waals surface area contributed by atoms with Crippen LogP contribution < -0.4 is 14.8 Å². The highest BCUT2D eigenvalue weighted by Crippen LogP contribution is 2.29. The van der Waals surface area contributed by atoms with E-state index in [0.29, 0.717) is 28.4 Å². The molecule has 0 aliphatic heterocycles. The van der Waals surface area contributed by atoms with E-state index in [9.17, 15) is 4.79 Å². The summed E-state index contributed by atoms with van der Waals surface area (Å²) in [6.07, 6.45) is 0. The maximum atomic E-state index is 12.0. The Bertz CT molecular complexity index is 1040. The lowest BCUT2D eigenvalue weighted by molar-refractivity contribution is -0.119. The van der Waals surface area contributed by atoms with Gasteiger partial charge in [0.15, 0.2) is 11.0 Å². The molecule has 0 fully saturated rings. The summed E-state index contributed by atoms with van der Waals surface area (Å²) >= 11 is 7.68. The van der Waals surface area contributed by atoms with E-state index in [-0.39, 0.29) is 17.8 Å². The highest BCUT2D eigenvalue weighted by molar-refractivity contribution is 8.00. The third-order valence-electron chi connectivity index (χ3n) is 4.51. The van der Waals surface area contributed by atoms with E-state index in [1.807, 2.05) is 67.8 Å². The average Bonchev–Trinajstić information content (AvgIpc) is 3.17. The lowest BCUT2D eigenvalue weighted by Gasteiger charge is -2.14. The Morgan fingerprint density at radius 1 is 1.16 bits per heavy atom. The zero-order valence-electron chi connectivity index (χ0n) is 17.9. The summed E-state index contributed by atoms with van der Waals surface area (Å²) in [5, 5.41) is 12.2. The van der Waals surface area contributed by atoms with Crippen molar-refractivity contribution in [1.29, 1.82) is 0 Å². The van der Waals surface area contributed by atoms with E-state index in [0.717, 1.165) is 17.0 Å². The van der Waals surface area contributed by atoms with E-state index < -0.39 is 0 Å². The van der Waals surface area contributed by atoms with Gasteiger partial charge in [0.1, 0.15) is 18.1 Å². The molecule has 0 saturated heterocycles. The van der Waals surface area contributed by atoms with Crippen molar-refractivity contribution in [2.45, 2.75) is 37.8 Å². The number of nitrogens with one attached hydrogen (secondary N) is 1. The molecular weight excluding hydrogens is 436 g/mol. The molecule has 1 heterocycles. The molecule has 3 aromatic rings. The number of benzene rings is 2. The normalized spacial score (nSPS) is 11.8. The molecule has 2 aromatic carbocycles. The molecule has 0 saturated carbocycles. The lowest BCUT2D eigenvalue weighted by atomic mass is 10.2. The molecule has 164 valence electrons. The molecule has 3 rings (SSSR count). The largest absolute Gasteiger partial charge is 0.494 e. The summed E-state index contributed by atoms with van der Waals surface area (Å²) in [4.78, 5) is 12.0. The lowest BCUT2D eigenvalue weighted by Crippen LogP contribution is -2.27. The van der Waals surface area contributed by atoms with E-state index in [1.165, 1.54) is 11.8 Å². The van der Waals surface area contributed by atoms with Gasteiger partial charge in [0.2, 0.25) is 5.91 Å². The Morgan fingerprint density at radius 3 is 2.45 bits per heavy atom. The summed E-state index contributed by atoms with van der Waals surface area (Å²) in [6, 6.07) is 13.1. The molecule has 0 radical (unpaired) electrons. The number of hydrogen-bond acceptors (Lipinski definition) is 6. The molecular formula is C22H25ClN4O3S. The van der Waals surface area contributed by atoms with Crippen molar-refractivity contribution in [3.05, 3.63) is 58.9 Å². The van der Waals surface area contributed by atoms with Gasteiger partial charge in [-0.3, -0.25) is 9.36 Å². The zero-order valence-corrected chi connectivity index (χ0v) is 19.5. The Kier molecular flexibility index (Phi) is 7.81. The van der Waals surface area contributed by atoms with Gasteiger partial charge in [-0.2, -0.15) is 0 Å². The highest BCUT2D eigenvalue weighted by atomic mass is 35.5. The van der Waals surface area contributed by atoms with Gasteiger partial charge in [0.05, 0.1) is 17.5 Å². The number of nitrogens with zero attached hydrogens (tertiary/aromatic N) is 3. The van der Waals surface area contributed by atoms with Crippen LogP contribution in [-0.2, 0) is 11.4 Å². The van der Waals surface area contributed by atoms with Crippen molar-refractivity contribution >= 4 is 29.3 Å². The first-order valence-electron chi connectivity index (χ1n) is 9.87. The Morgan fingerprint density at radius 2 is 1.84 bits per heavy atom. The van der Waals surface area contributed by atoms with Crippen LogP contribution in [0.4, 0.5) is 0 Å². The second kappa shape index (κ2) is 10.5. The van der Waals surface area contributed by atoms with Gasteiger partial charge in [-0.15, -0.1) is 10.2 Å². The molecule has 7 nitrogen and oxygen atoms in total. The van der Waals surface area contributed by atoms with Crippen molar-refractivity contribution in [3.8, 4) is 17.2 Å². The van der Waals surface area contributed by atoms with Gasteiger partial charge in [0.25, 0.3) is 0 Å². The molecule has 1 N–H and O–H groups in total. The van der Waals surface area contributed by atoms with E-state index >= 15 is 0 Å². The SMILES string of the molecule is CCOc1ccc(OCc2nnc(SC(C)C(=O)NC)n2-c2ccc(C)c(Cl)c2)cc1. The van der Waals surface area contributed by atoms with Gasteiger partial charge >= 0.3 is 0 Å². The highest BCUT2D eigenvalue weighted by Gasteiger charge is 2.21. The number of carbonyl (C=O) groups excluding carboxylic acids is 1. The first-order valence-corrected chi connectivity index (χ1v) is 11.1. The minimum atomic E-state index is -0.339. The number of ether oxygens (including phenoxy) is 2. The third kappa shape index (κ3) is 5.71. The van der Waals surface area contributed by atoms with Gasteiger partial charge in [-0.25, -0.2) is 0 Å². The third-order valence-corrected chi connectivity index (χ3v) is 5.96. The quantitative estimate of drug-likeness (QED) is 0.476. The van der Waals surface area contributed by atoms with Gasteiger partial charge in [0, 0.05) is 12.1 Å².